The van der Waals surface area contributed by atoms with Crippen molar-refractivity contribution < 1.29 is 8.42 Å². The molecule has 0 aromatic heterocycles. The second-order valence-corrected chi connectivity index (χ2v) is 7.18. The maximum absolute atomic E-state index is 12.5. The maximum atomic E-state index is 12.5. The third-order valence-corrected chi connectivity index (χ3v) is 5.95. The van der Waals surface area contributed by atoms with Crippen molar-refractivity contribution in [2.75, 3.05) is 20.1 Å². The summed E-state index contributed by atoms with van der Waals surface area (Å²) in [5.74, 6) is 0. The van der Waals surface area contributed by atoms with Gasteiger partial charge in [0.25, 0.3) is 0 Å². The first kappa shape index (κ1) is 16.7. The topological polar surface area (TPSA) is 63.4 Å². The number of halogens is 2. The lowest BCUT2D eigenvalue weighted by Crippen LogP contribution is -2.30. The van der Waals surface area contributed by atoms with E-state index in [0.29, 0.717) is 35.7 Å². The second-order valence-electron chi connectivity index (χ2n) is 4.41. The molecule has 0 spiro atoms. The predicted octanol–water partition coefficient (Wildman–Crippen LogP) is 2.58. The Bertz CT molecular complexity index is 547. The van der Waals surface area contributed by atoms with Crippen LogP contribution in [0.3, 0.4) is 0 Å². The number of hydrogen-bond acceptors (Lipinski definition) is 3. The van der Waals surface area contributed by atoms with Gasteiger partial charge in [-0.15, -0.1) is 0 Å². The standard InChI is InChI=1S/C12H18Cl2N2O2S/c1-8-7-10(13)9(2)12(11(8)14)19(17,18)16(3)6-4-5-15/h7H,4-6,15H2,1-3H3. The van der Waals surface area contributed by atoms with Crippen LogP contribution in [-0.2, 0) is 10.0 Å². The molecular weight excluding hydrogens is 307 g/mol. The number of hydrogen-bond donors (Lipinski definition) is 1. The zero-order valence-electron chi connectivity index (χ0n) is 11.2. The highest BCUT2D eigenvalue weighted by Crippen LogP contribution is 2.34. The second kappa shape index (κ2) is 6.41. The van der Waals surface area contributed by atoms with Gasteiger partial charge in [0.05, 0.1) is 5.02 Å². The van der Waals surface area contributed by atoms with Crippen LogP contribution in [0, 0.1) is 13.8 Å². The summed E-state index contributed by atoms with van der Waals surface area (Å²) >= 11 is 12.2. The van der Waals surface area contributed by atoms with Crippen LogP contribution in [0.15, 0.2) is 11.0 Å². The van der Waals surface area contributed by atoms with Gasteiger partial charge in [-0.3, -0.25) is 0 Å². The SMILES string of the molecule is Cc1cc(Cl)c(C)c(S(=O)(=O)N(C)CCCN)c1Cl. The van der Waals surface area contributed by atoms with E-state index in [-0.39, 0.29) is 9.92 Å². The predicted molar refractivity (Wildman–Crippen MR) is 79.4 cm³/mol. The third-order valence-electron chi connectivity index (χ3n) is 2.93. The molecule has 4 nitrogen and oxygen atoms in total. The van der Waals surface area contributed by atoms with Gasteiger partial charge < -0.3 is 5.73 Å². The van der Waals surface area contributed by atoms with E-state index in [4.69, 9.17) is 28.9 Å². The molecule has 0 heterocycles. The molecule has 1 rings (SSSR count). The quantitative estimate of drug-likeness (QED) is 0.905. The lowest BCUT2D eigenvalue weighted by Gasteiger charge is -2.20. The van der Waals surface area contributed by atoms with Crippen molar-refractivity contribution in [1.29, 1.82) is 0 Å². The Hall–Kier alpha value is -0.330. The molecule has 0 bridgehead atoms. The molecule has 0 aliphatic heterocycles. The zero-order chi connectivity index (χ0) is 14.8. The Morgan fingerprint density at radius 1 is 1.32 bits per heavy atom. The van der Waals surface area contributed by atoms with Gasteiger partial charge in [0, 0.05) is 18.6 Å². The molecular formula is C12H18Cl2N2O2S. The summed E-state index contributed by atoms with van der Waals surface area (Å²) in [5.41, 5.74) is 6.51. The molecule has 1 aromatic carbocycles. The highest BCUT2D eigenvalue weighted by Gasteiger charge is 2.27. The van der Waals surface area contributed by atoms with Crippen LogP contribution in [0.4, 0.5) is 0 Å². The van der Waals surface area contributed by atoms with Crippen LogP contribution in [0.25, 0.3) is 0 Å². The van der Waals surface area contributed by atoms with Gasteiger partial charge in [-0.25, -0.2) is 12.7 Å². The molecule has 7 heteroatoms. The summed E-state index contributed by atoms with van der Waals surface area (Å²) < 4.78 is 26.3. The number of sulfonamides is 1. The van der Waals surface area contributed by atoms with Crippen molar-refractivity contribution in [3.63, 3.8) is 0 Å². The Labute approximate surface area is 124 Å². The number of nitrogens with zero attached hydrogens (tertiary/aromatic N) is 1. The molecule has 0 aliphatic rings. The third kappa shape index (κ3) is 3.41. The van der Waals surface area contributed by atoms with Crippen LogP contribution >= 0.6 is 23.2 Å². The largest absolute Gasteiger partial charge is 0.330 e. The van der Waals surface area contributed by atoms with E-state index in [1.165, 1.54) is 11.4 Å². The van der Waals surface area contributed by atoms with Crippen molar-refractivity contribution >= 4 is 33.2 Å². The van der Waals surface area contributed by atoms with E-state index >= 15 is 0 Å². The molecule has 2 N–H and O–H groups in total. The summed E-state index contributed by atoms with van der Waals surface area (Å²) in [6, 6.07) is 1.66. The van der Waals surface area contributed by atoms with E-state index in [2.05, 4.69) is 0 Å². The van der Waals surface area contributed by atoms with Crippen LogP contribution < -0.4 is 5.73 Å². The van der Waals surface area contributed by atoms with Gasteiger partial charge in [-0.2, -0.15) is 0 Å². The number of nitrogens with two attached hydrogens (primary N) is 1. The van der Waals surface area contributed by atoms with Gasteiger partial charge in [0.2, 0.25) is 10.0 Å². The molecule has 0 saturated carbocycles. The minimum atomic E-state index is -3.66. The number of rotatable bonds is 5. The van der Waals surface area contributed by atoms with Crippen LogP contribution in [0.5, 0.6) is 0 Å². The minimum Gasteiger partial charge on any atom is -0.330 e. The molecule has 0 saturated heterocycles. The average molecular weight is 325 g/mol. The molecule has 0 unspecified atom stereocenters. The lowest BCUT2D eigenvalue weighted by atomic mass is 10.2. The Morgan fingerprint density at radius 3 is 2.42 bits per heavy atom. The Kier molecular flexibility index (Phi) is 5.65. The van der Waals surface area contributed by atoms with E-state index in [0.717, 1.165) is 0 Å². The van der Waals surface area contributed by atoms with Crippen LogP contribution in [0.2, 0.25) is 10.0 Å². The fourth-order valence-corrected chi connectivity index (χ4v) is 4.08. The van der Waals surface area contributed by atoms with Gasteiger partial charge in [-0.05, 0) is 44.0 Å². The molecule has 0 radical (unpaired) electrons. The first-order valence-electron chi connectivity index (χ1n) is 5.85. The van der Waals surface area contributed by atoms with Crippen molar-refractivity contribution in [1.82, 2.24) is 4.31 Å². The number of benzene rings is 1. The molecule has 0 aliphatic carbocycles. The Balaban J connectivity index is 3.37. The summed E-state index contributed by atoms with van der Waals surface area (Å²) in [4.78, 5) is 0.0821. The van der Waals surface area contributed by atoms with E-state index in [1.54, 1.807) is 19.9 Å². The average Bonchev–Trinajstić information content (AvgIpc) is 2.33. The normalized spacial score (nSPS) is 12.2. The molecule has 1 aromatic rings. The molecule has 19 heavy (non-hydrogen) atoms. The summed E-state index contributed by atoms with van der Waals surface area (Å²) in [6.07, 6.45) is 0.589. The fourth-order valence-electron chi connectivity index (χ4n) is 1.71. The number of aryl methyl sites for hydroxylation is 1. The van der Waals surface area contributed by atoms with Crippen LogP contribution in [-0.4, -0.2) is 32.9 Å². The minimum absolute atomic E-state index is 0.0821. The molecule has 108 valence electrons. The molecule has 0 fully saturated rings. The molecule has 0 amide bonds. The lowest BCUT2D eigenvalue weighted by molar-refractivity contribution is 0.463. The van der Waals surface area contributed by atoms with Gasteiger partial charge in [0.1, 0.15) is 4.90 Å². The van der Waals surface area contributed by atoms with Crippen molar-refractivity contribution in [3.05, 3.63) is 27.2 Å². The first-order chi connectivity index (χ1) is 8.73. The summed E-state index contributed by atoms with van der Waals surface area (Å²) in [7, 11) is -2.15. The highest BCUT2D eigenvalue weighted by atomic mass is 35.5. The van der Waals surface area contributed by atoms with Crippen molar-refractivity contribution in [3.8, 4) is 0 Å². The van der Waals surface area contributed by atoms with Crippen LogP contribution in [0.1, 0.15) is 17.5 Å². The monoisotopic (exact) mass is 324 g/mol. The van der Waals surface area contributed by atoms with E-state index in [1.807, 2.05) is 0 Å². The van der Waals surface area contributed by atoms with Gasteiger partial charge >= 0.3 is 0 Å². The molecule has 0 atom stereocenters. The first-order valence-corrected chi connectivity index (χ1v) is 8.04. The zero-order valence-corrected chi connectivity index (χ0v) is 13.5. The van der Waals surface area contributed by atoms with Crippen molar-refractivity contribution in [2.45, 2.75) is 25.2 Å². The Morgan fingerprint density at radius 2 is 1.89 bits per heavy atom. The summed E-state index contributed by atoms with van der Waals surface area (Å²) in [5, 5.41) is 0.620. The highest BCUT2D eigenvalue weighted by molar-refractivity contribution is 7.89. The van der Waals surface area contributed by atoms with Gasteiger partial charge in [-0.1, -0.05) is 23.2 Å². The smallest absolute Gasteiger partial charge is 0.244 e. The van der Waals surface area contributed by atoms with Crippen molar-refractivity contribution in [2.24, 2.45) is 5.73 Å². The fraction of sp³-hybridized carbons (Fsp3) is 0.500. The summed E-state index contributed by atoms with van der Waals surface area (Å²) in [6.45, 7) is 4.16. The van der Waals surface area contributed by atoms with Gasteiger partial charge in [0.15, 0.2) is 0 Å². The van der Waals surface area contributed by atoms with E-state index < -0.39 is 10.0 Å². The van der Waals surface area contributed by atoms with E-state index in [9.17, 15) is 8.42 Å². The maximum Gasteiger partial charge on any atom is 0.244 e.